The van der Waals surface area contributed by atoms with Gasteiger partial charge in [-0.05, 0) is 37.1 Å². The van der Waals surface area contributed by atoms with Gasteiger partial charge in [0.2, 0.25) is 0 Å². The minimum atomic E-state index is -4.61. The van der Waals surface area contributed by atoms with Crippen LogP contribution in [-0.2, 0) is 10.9 Å². The molecule has 1 aliphatic heterocycles. The molecule has 2 N–H and O–H groups in total. The molecule has 2 heterocycles. The third-order valence-electron chi connectivity index (χ3n) is 4.21. The van der Waals surface area contributed by atoms with Gasteiger partial charge in [0.15, 0.2) is 0 Å². The van der Waals surface area contributed by atoms with Crippen LogP contribution in [0.15, 0.2) is 42.5 Å². The summed E-state index contributed by atoms with van der Waals surface area (Å²) in [5.74, 6) is -1.33. The van der Waals surface area contributed by atoms with E-state index in [-0.39, 0.29) is 23.2 Å². The molecule has 3 rings (SSSR count). The summed E-state index contributed by atoms with van der Waals surface area (Å²) in [5.41, 5.74) is -1.51. The highest BCUT2D eigenvalue weighted by atomic mass is 19.4. The van der Waals surface area contributed by atoms with Crippen molar-refractivity contribution in [3.63, 3.8) is 0 Å². The molecule has 28 heavy (non-hydrogen) atoms. The predicted molar refractivity (Wildman–Crippen MR) is 94.9 cm³/mol. The van der Waals surface area contributed by atoms with E-state index < -0.39 is 23.6 Å². The first kappa shape index (κ1) is 19.8. The van der Waals surface area contributed by atoms with Crippen molar-refractivity contribution >= 4 is 17.5 Å². The van der Waals surface area contributed by atoms with E-state index in [1.807, 2.05) is 0 Å². The van der Waals surface area contributed by atoms with Crippen LogP contribution >= 0.6 is 0 Å². The first-order valence-electron chi connectivity index (χ1n) is 8.69. The van der Waals surface area contributed by atoms with Crippen molar-refractivity contribution in [3.05, 3.63) is 59.4 Å². The Balaban J connectivity index is 1.70. The predicted octanol–water partition coefficient (Wildman–Crippen LogP) is 3.26. The second kappa shape index (κ2) is 8.39. The average Bonchev–Trinajstić information content (AvgIpc) is 3.19. The molecule has 2 aromatic rings. The van der Waals surface area contributed by atoms with Crippen molar-refractivity contribution in [1.82, 2.24) is 10.3 Å². The number of para-hydroxylation sites is 1. The maximum atomic E-state index is 13.1. The maximum absolute atomic E-state index is 13.1. The lowest BCUT2D eigenvalue weighted by Crippen LogP contribution is -2.32. The van der Waals surface area contributed by atoms with E-state index >= 15 is 0 Å². The SMILES string of the molecule is O=C(NCC1CCCO1)c1cccc(C(=O)Nc2ccccc2C(F)(F)F)n1. The summed E-state index contributed by atoms with van der Waals surface area (Å²) in [5, 5.41) is 4.88. The lowest BCUT2D eigenvalue weighted by molar-refractivity contribution is -0.136. The van der Waals surface area contributed by atoms with Gasteiger partial charge in [0, 0.05) is 13.2 Å². The zero-order valence-electron chi connectivity index (χ0n) is 14.8. The van der Waals surface area contributed by atoms with Crippen LogP contribution in [0.25, 0.3) is 0 Å². The second-order valence-corrected chi connectivity index (χ2v) is 6.25. The topological polar surface area (TPSA) is 80.3 Å². The molecule has 148 valence electrons. The van der Waals surface area contributed by atoms with Crippen molar-refractivity contribution in [3.8, 4) is 0 Å². The van der Waals surface area contributed by atoms with E-state index in [9.17, 15) is 22.8 Å². The maximum Gasteiger partial charge on any atom is 0.418 e. The number of carbonyl (C=O) groups is 2. The standard InChI is InChI=1S/C19H18F3N3O3/c20-19(21,22)13-6-1-2-7-14(13)25-18(27)16-9-3-8-15(24-16)17(26)23-11-12-5-4-10-28-12/h1-3,6-9,12H,4-5,10-11H2,(H,23,26)(H,25,27). The first-order valence-corrected chi connectivity index (χ1v) is 8.69. The molecule has 0 spiro atoms. The van der Waals surface area contributed by atoms with Gasteiger partial charge in [0.05, 0.1) is 17.4 Å². The second-order valence-electron chi connectivity index (χ2n) is 6.25. The van der Waals surface area contributed by atoms with Gasteiger partial charge in [-0.1, -0.05) is 18.2 Å². The molecule has 1 aromatic carbocycles. The van der Waals surface area contributed by atoms with Crippen LogP contribution in [-0.4, -0.2) is 36.1 Å². The zero-order chi connectivity index (χ0) is 20.1. The molecule has 0 radical (unpaired) electrons. The number of carbonyl (C=O) groups excluding carboxylic acids is 2. The fourth-order valence-corrected chi connectivity index (χ4v) is 2.82. The third-order valence-corrected chi connectivity index (χ3v) is 4.21. The molecule has 1 unspecified atom stereocenters. The lowest BCUT2D eigenvalue weighted by Gasteiger charge is -2.13. The van der Waals surface area contributed by atoms with Crippen molar-refractivity contribution in [2.45, 2.75) is 25.1 Å². The number of nitrogens with one attached hydrogen (secondary N) is 2. The van der Waals surface area contributed by atoms with E-state index in [1.54, 1.807) is 0 Å². The van der Waals surface area contributed by atoms with E-state index in [0.717, 1.165) is 25.0 Å². The minimum Gasteiger partial charge on any atom is -0.376 e. The molecule has 0 bridgehead atoms. The highest BCUT2D eigenvalue weighted by molar-refractivity contribution is 6.04. The Hall–Kier alpha value is -2.94. The first-order chi connectivity index (χ1) is 13.3. The summed E-state index contributed by atoms with van der Waals surface area (Å²) in [6.07, 6.45) is -2.86. The number of ether oxygens (including phenoxy) is 1. The van der Waals surface area contributed by atoms with Gasteiger partial charge in [-0.15, -0.1) is 0 Å². The number of alkyl halides is 3. The highest BCUT2D eigenvalue weighted by Gasteiger charge is 2.33. The van der Waals surface area contributed by atoms with Crippen LogP contribution in [0.3, 0.4) is 0 Å². The highest BCUT2D eigenvalue weighted by Crippen LogP contribution is 2.34. The number of pyridine rings is 1. The number of benzene rings is 1. The Kier molecular flexibility index (Phi) is 5.93. The summed E-state index contributed by atoms with van der Waals surface area (Å²) in [4.78, 5) is 28.5. The zero-order valence-corrected chi connectivity index (χ0v) is 14.8. The van der Waals surface area contributed by atoms with E-state index in [1.165, 1.54) is 30.3 Å². The van der Waals surface area contributed by atoms with Crippen LogP contribution < -0.4 is 10.6 Å². The fraction of sp³-hybridized carbons (Fsp3) is 0.316. The van der Waals surface area contributed by atoms with Crippen molar-refractivity contribution in [2.24, 2.45) is 0 Å². The van der Waals surface area contributed by atoms with Crippen LogP contribution in [0.2, 0.25) is 0 Å². The number of aromatic nitrogens is 1. The number of nitrogens with zero attached hydrogens (tertiary/aromatic N) is 1. The van der Waals surface area contributed by atoms with Crippen LogP contribution in [0, 0.1) is 0 Å². The number of halogens is 3. The molecule has 9 heteroatoms. The quantitative estimate of drug-likeness (QED) is 0.817. The number of hydrogen-bond acceptors (Lipinski definition) is 4. The molecule has 1 fully saturated rings. The Bertz CT molecular complexity index is 865. The molecule has 1 aliphatic rings. The Morgan fingerprint density at radius 1 is 1.07 bits per heavy atom. The Morgan fingerprint density at radius 3 is 2.46 bits per heavy atom. The van der Waals surface area contributed by atoms with E-state index in [4.69, 9.17) is 4.74 Å². The number of hydrogen-bond donors (Lipinski definition) is 2. The van der Waals surface area contributed by atoms with Gasteiger partial charge < -0.3 is 15.4 Å². The molecule has 6 nitrogen and oxygen atoms in total. The number of anilines is 1. The summed E-state index contributed by atoms with van der Waals surface area (Å²) >= 11 is 0. The molecule has 1 saturated heterocycles. The monoisotopic (exact) mass is 393 g/mol. The Labute approximate surface area is 159 Å². The van der Waals surface area contributed by atoms with Gasteiger partial charge in [0.1, 0.15) is 11.4 Å². The van der Waals surface area contributed by atoms with Gasteiger partial charge in [0.25, 0.3) is 11.8 Å². The molecule has 2 amide bonds. The Morgan fingerprint density at radius 2 is 1.79 bits per heavy atom. The lowest BCUT2D eigenvalue weighted by atomic mass is 10.1. The fourth-order valence-electron chi connectivity index (χ4n) is 2.82. The normalized spacial score (nSPS) is 16.6. The molecule has 0 saturated carbocycles. The summed E-state index contributed by atoms with van der Waals surface area (Å²) in [6.45, 7) is 0.990. The summed E-state index contributed by atoms with van der Waals surface area (Å²) in [7, 11) is 0. The molecular weight excluding hydrogens is 375 g/mol. The summed E-state index contributed by atoms with van der Waals surface area (Å²) < 4.78 is 44.6. The van der Waals surface area contributed by atoms with Gasteiger partial charge in [-0.2, -0.15) is 13.2 Å². The molecule has 1 aromatic heterocycles. The smallest absolute Gasteiger partial charge is 0.376 e. The van der Waals surface area contributed by atoms with E-state index in [0.29, 0.717) is 13.2 Å². The van der Waals surface area contributed by atoms with Crippen molar-refractivity contribution in [1.29, 1.82) is 0 Å². The van der Waals surface area contributed by atoms with Crippen LogP contribution in [0.1, 0.15) is 39.4 Å². The van der Waals surface area contributed by atoms with Crippen LogP contribution in [0.5, 0.6) is 0 Å². The third kappa shape index (κ3) is 4.86. The van der Waals surface area contributed by atoms with E-state index in [2.05, 4.69) is 15.6 Å². The van der Waals surface area contributed by atoms with Crippen molar-refractivity contribution < 1.29 is 27.5 Å². The van der Waals surface area contributed by atoms with Gasteiger partial charge >= 0.3 is 6.18 Å². The van der Waals surface area contributed by atoms with Gasteiger partial charge in [-0.3, -0.25) is 9.59 Å². The van der Waals surface area contributed by atoms with Gasteiger partial charge in [-0.25, -0.2) is 4.98 Å². The molecule has 1 atom stereocenters. The molecule has 0 aliphatic carbocycles. The number of rotatable bonds is 5. The van der Waals surface area contributed by atoms with Crippen LogP contribution in [0.4, 0.5) is 18.9 Å². The van der Waals surface area contributed by atoms with Crippen molar-refractivity contribution in [2.75, 3.05) is 18.5 Å². The molecular formula is C19H18F3N3O3. The number of amides is 2. The largest absolute Gasteiger partial charge is 0.418 e. The minimum absolute atomic E-state index is 0.00486. The average molecular weight is 393 g/mol. The summed E-state index contributed by atoms with van der Waals surface area (Å²) in [6, 6.07) is 8.83.